The molecule has 0 bridgehead atoms. The summed E-state index contributed by atoms with van der Waals surface area (Å²) in [6, 6.07) is 1.59. The molecule has 3 nitrogen and oxygen atoms in total. The van der Waals surface area contributed by atoms with E-state index in [1.165, 1.54) is 45.3 Å². The Balaban J connectivity index is 1.68. The number of piperazine rings is 1. The Kier molecular flexibility index (Phi) is 4.62. The van der Waals surface area contributed by atoms with Gasteiger partial charge in [0.2, 0.25) is 0 Å². The SMILES string of the molecule is CC(C)OCCCN1CCN[C@@H]2CCC[C@@H]21. The Morgan fingerprint density at radius 3 is 3.06 bits per heavy atom. The minimum Gasteiger partial charge on any atom is -0.379 e. The summed E-state index contributed by atoms with van der Waals surface area (Å²) in [7, 11) is 0. The van der Waals surface area contributed by atoms with Crippen LogP contribution in [0, 0.1) is 0 Å². The maximum absolute atomic E-state index is 5.60. The Hall–Kier alpha value is -0.120. The largest absolute Gasteiger partial charge is 0.379 e. The fourth-order valence-electron chi connectivity index (χ4n) is 3.04. The van der Waals surface area contributed by atoms with Crippen LogP contribution in [0.2, 0.25) is 0 Å². The molecule has 0 aromatic heterocycles. The monoisotopic (exact) mass is 226 g/mol. The average Bonchev–Trinajstić information content (AvgIpc) is 2.72. The number of nitrogens with one attached hydrogen (secondary N) is 1. The third-order valence-corrected chi connectivity index (χ3v) is 3.79. The van der Waals surface area contributed by atoms with Crippen LogP contribution >= 0.6 is 0 Å². The molecule has 2 fully saturated rings. The van der Waals surface area contributed by atoms with E-state index < -0.39 is 0 Å². The molecule has 2 atom stereocenters. The van der Waals surface area contributed by atoms with Crippen molar-refractivity contribution in [1.29, 1.82) is 0 Å². The van der Waals surface area contributed by atoms with Crippen molar-refractivity contribution in [1.82, 2.24) is 10.2 Å². The maximum atomic E-state index is 5.60. The first-order valence-electron chi connectivity index (χ1n) is 6.86. The summed E-state index contributed by atoms with van der Waals surface area (Å²) in [5, 5.41) is 3.65. The Labute approximate surface area is 99.5 Å². The van der Waals surface area contributed by atoms with Gasteiger partial charge in [0, 0.05) is 38.3 Å². The second kappa shape index (κ2) is 5.99. The van der Waals surface area contributed by atoms with E-state index in [4.69, 9.17) is 4.74 Å². The lowest BCUT2D eigenvalue weighted by atomic mass is 10.1. The predicted octanol–water partition coefficient (Wildman–Crippen LogP) is 1.63. The lowest BCUT2D eigenvalue weighted by Gasteiger charge is -2.38. The molecule has 94 valence electrons. The summed E-state index contributed by atoms with van der Waals surface area (Å²) in [6.45, 7) is 8.75. The van der Waals surface area contributed by atoms with Crippen LogP contribution in [0.15, 0.2) is 0 Å². The smallest absolute Gasteiger partial charge is 0.0518 e. The van der Waals surface area contributed by atoms with Crippen molar-refractivity contribution in [3.05, 3.63) is 0 Å². The third-order valence-electron chi connectivity index (χ3n) is 3.79. The highest BCUT2D eigenvalue weighted by molar-refractivity contribution is 4.93. The van der Waals surface area contributed by atoms with Gasteiger partial charge in [-0.1, -0.05) is 6.42 Å². The van der Waals surface area contributed by atoms with E-state index in [9.17, 15) is 0 Å². The molecule has 1 aliphatic carbocycles. The summed E-state index contributed by atoms with van der Waals surface area (Å²) >= 11 is 0. The molecule has 1 saturated heterocycles. The van der Waals surface area contributed by atoms with Gasteiger partial charge in [-0.3, -0.25) is 4.90 Å². The molecule has 1 saturated carbocycles. The molecule has 0 aromatic rings. The first-order valence-corrected chi connectivity index (χ1v) is 6.86. The van der Waals surface area contributed by atoms with Crippen LogP contribution in [-0.4, -0.2) is 49.3 Å². The number of rotatable bonds is 5. The van der Waals surface area contributed by atoms with Gasteiger partial charge in [0.15, 0.2) is 0 Å². The van der Waals surface area contributed by atoms with Crippen molar-refractivity contribution in [2.75, 3.05) is 26.2 Å². The first kappa shape index (κ1) is 12.3. The highest BCUT2D eigenvalue weighted by Gasteiger charge is 2.34. The topological polar surface area (TPSA) is 24.5 Å². The number of hydrogen-bond donors (Lipinski definition) is 1. The highest BCUT2D eigenvalue weighted by Crippen LogP contribution is 2.26. The zero-order chi connectivity index (χ0) is 11.4. The zero-order valence-corrected chi connectivity index (χ0v) is 10.7. The first-order chi connectivity index (χ1) is 7.77. The fourth-order valence-corrected chi connectivity index (χ4v) is 3.04. The molecule has 0 radical (unpaired) electrons. The maximum Gasteiger partial charge on any atom is 0.0518 e. The second-order valence-corrected chi connectivity index (χ2v) is 5.37. The number of fused-ring (bicyclic) bond motifs is 1. The lowest BCUT2D eigenvalue weighted by molar-refractivity contribution is 0.0608. The van der Waals surface area contributed by atoms with Gasteiger partial charge in [-0.05, 0) is 33.1 Å². The van der Waals surface area contributed by atoms with E-state index in [1.54, 1.807) is 0 Å². The summed E-state index contributed by atoms with van der Waals surface area (Å²) in [4.78, 5) is 2.68. The Morgan fingerprint density at radius 1 is 1.38 bits per heavy atom. The van der Waals surface area contributed by atoms with Gasteiger partial charge < -0.3 is 10.1 Å². The van der Waals surface area contributed by atoms with Crippen LogP contribution in [0.1, 0.15) is 39.5 Å². The fraction of sp³-hybridized carbons (Fsp3) is 1.00. The molecule has 2 rings (SSSR count). The van der Waals surface area contributed by atoms with Gasteiger partial charge in [-0.2, -0.15) is 0 Å². The molecule has 16 heavy (non-hydrogen) atoms. The van der Waals surface area contributed by atoms with Crippen LogP contribution in [-0.2, 0) is 4.74 Å². The standard InChI is InChI=1S/C13H26N2O/c1-11(2)16-10-4-8-15-9-7-14-12-5-3-6-13(12)15/h11-14H,3-10H2,1-2H3/t12-,13+/m1/s1. The normalized spacial score (nSPS) is 30.9. The second-order valence-electron chi connectivity index (χ2n) is 5.37. The van der Waals surface area contributed by atoms with Crippen molar-refractivity contribution in [2.45, 2.75) is 57.7 Å². The third kappa shape index (κ3) is 3.19. The summed E-state index contributed by atoms with van der Waals surface area (Å²) < 4.78 is 5.60. The van der Waals surface area contributed by atoms with E-state index in [2.05, 4.69) is 24.1 Å². The molecule has 2 aliphatic rings. The van der Waals surface area contributed by atoms with Gasteiger partial charge in [-0.25, -0.2) is 0 Å². The van der Waals surface area contributed by atoms with Crippen LogP contribution in [0.5, 0.6) is 0 Å². The van der Waals surface area contributed by atoms with E-state index in [1.807, 2.05) is 0 Å². The molecule has 3 heteroatoms. The van der Waals surface area contributed by atoms with Crippen LogP contribution in [0.3, 0.4) is 0 Å². The molecule has 1 N–H and O–H groups in total. The van der Waals surface area contributed by atoms with Gasteiger partial charge in [0.05, 0.1) is 6.10 Å². The number of ether oxygens (including phenoxy) is 1. The van der Waals surface area contributed by atoms with Gasteiger partial charge in [0.25, 0.3) is 0 Å². The molecule has 1 aliphatic heterocycles. The van der Waals surface area contributed by atoms with Gasteiger partial charge in [0.1, 0.15) is 0 Å². The molecular weight excluding hydrogens is 200 g/mol. The quantitative estimate of drug-likeness (QED) is 0.721. The minimum atomic E-state index is 0.377. The molecule has 0 spiro atoms. The van der Waals surface area contributed by atoms with Gasteiger partial charge >= 0.3 is 0 Å². The number of hydrogen-bond acceptors (Lipinski definition) is 3. The van der Waals surface area contributed by atoms with Crippen molar-refractivity contribution in [3.63, 3.8) is 0 Å². The minimum absolute atomic E-state index is 0.377. The van der Waals surface area contributed by atoms with E-state index >= 15 is 0 Å². The molecule has 1 heterocycles. The van der Waals surface area contributed by atoms with Crippen LogP contribution in [0.4, 0.5) is 0 Å². The molecular formula is C13H26N2O. The predicted molar refractivity (Wildman–Crippen MR) is 66.7 cm³/mol. The lowest BCUT2D eigenvalue weighted by Crippen LogP contribution is -2.55. The molecule has 0 amide bonds. The zero-order valence-electron chi connectivity index (χ0n) is 10.7. The summed E-state index contributed by atoms with van der Waals surface area (Å²) in [6.07, 6.45) is 5.73. The summed E-state index contributed by atoms with van der Waals surface area (Å²) in [5.41, 5.74) is 0. The van der Waals surface area contributed by atoms with Crippen molar-refractivity contribution in [3.8, 4) is 0 Å². The van der Waals surface area contributed by atoms with E-state index in [0.717, 1.165) is 18.7 Å². The van der Waals surface area contributed by atoms with Crippen molar-refractivity contribution >= 4 is 0 Å². The molecule has 0 unspecified atom stereocenters. The van der Waals surface area contributed by atoms with Crippen molar-refractivity contribution < 1.29 is 4.74 Å². The van der Waals surface area contributed by atoms with Crippen LogP contribution in [0.25, 0.3) is 0 Å². The average molecular weight is 226 g/mol. The van der Waals surface area contributed by atoms with E-state index in [0.29, 0.717) is 6.10 Å². The van der Waals surface area contributed by atoms with E-state index in [-0.39, 0.29) is 0 Å². The Bertz CT molecular complexity index is 208. The van der Waals surface area contributed by atoms with Crippen LogP contribution < -0.4 is 5.32 Å². The summed E-state index contributed by atoms with van der Waals surface area (Å²) in [5.74, 6) is 0. The van der Waals surface area contributed by atoms with Gasteiger partial charge in [-0.15, -0.1) is 0 Å². The molecule has 0 aromatic carbocycles. The number of nitrogens with zero attached hydrogens (tertiary/aromatic N) is 1. The Morgan fingerprint density at radius 2 is 2.25 bits per heavy atom. The van der Waals surface area contributed by atoms with Crippen molar-refractivity contribution in [2.24, 2.45) is 0 Å². The highest BCUT2D eigenvalue weighted by atomic mass is 16.5.